The second-order valence-electron chi connectivity index (χ2n) is 7.41. The van der Waals surface area contributed by atoms with Gasteiger partial charge in [-0.05, 0) is 48.5 Å². The van der Waals surface area contributed by atoms with E-state index >= 15 is 0 Å². The minimum absolute atomic E-state index is 0.0504. The number of carboxylic acid groups (broad SMARTS) is 1. The summed E-state index contributed by atoms with van der Waals surface area (Å²) in [6.45, 7) is 2.67. The van der Waals surface area contributed by atoms with Crippen molar-refractivity contribution in [3.63, 3.8) is 0 Å². The topological polar surface area (TPSA) is 89.9 Å². The number of benzene rings is 3. The van der Waals surface area contributed by atoms with E-state index in [1.54, 1.807) is 30.3 Å². The Labute approximate surface area is 191 Å². The molecule has 1 aliphatic heterocycles. The molecular weight excluding hydrogens is 450 g/mol. The number of carbonyl (C=O) groups is 1. The molecule has 0 amide bonds. The minimum Gasteiger partial charge on any atom is -0.478 e. The van der Waals surface area contributed by atoms with Crippen LogP contribution in [0.3, 0.4) is 0 Å². The number of nitrogens with zero attached hydrogens (tertiary/aromatic N) is 2. The Kier molecular flexibility index (Phi) is 6.25. The van der Waals surface area contributed by atoms with Gasteiger partial charge in [0, 0.05) is 42.6 Å². The zero-order valence-electron chi connectivity index (χ0n) is 17.1. The van der Waals surface area contributed by atoms with Gasteiger partial charge < -0.3 is 14.9 Å². The lowest BCUT2D eigenvalue weighted by Gasteiger charge is -2.38. The highest BCUT2D eigenvalue weighted by molar-refractivity contribution is 7.92. The van der Waals surface area contributed by atoms with E-state index in [2.05, 4.69) is 9.62 Å². The average Bonchev–Trinajstić information content (AvgIpc) is 2.79. The molecule has 0 atom stereocenters. The third-order valence-corrected chi connectivity index (χ3v) is 6.96. The predicted octanol–water partition coefficient (Wildman–Crippen LogP) is 4.17. The SMILES string of the molecule is O=C(O)c1cc(NS(=O)(=O)c2ccccc2)ccc1N1CCN(c2cccc(Cl)c2)CC1. The number of aromatic carboxylic acids is 1. The summed E-state index contributed by atoms with van der Waals surface area (Å²) in [5.74, 6) is -1.11. The highest BCUT2D eigenvalue weighted by atomic mass is 35.5. The summed E-state index contributed by atoms with van der Waals surface area (Å²) in [4.78, 5) is 16.3. The van der Waals surface area contributed by atoms with Crippen LogP contribution in [0.1, 0.15) is 10.4 Å². The summed E-state index contributed by atoms with van der Waals surface area (Å²) in [6, 6.07) is 20.2. The summed E-state index contributed by atoms with van der Waals surface area (Å²) in [5, 5.41) is 10.4. The van der Waals surface area contributed by atoms with Gasteiger partial charge in [0.2, 0.25) is 0 Å². The molecule has 1 heterocycles. The summed E-state index contributed by atoms with van der Waals surface area (Å²) in [7, 11) is -3.81. The molecule has 1 fully saturated rings. The number of hydrogen-bond acceptors (Lipinski definition) is 5. The molecule has 4 rings (SSSR count). The average molecular weight is 472 g/mol. The Morgan fingerprint density at radius 1 is 0.875 bits per heavy atom. The molecule has 2 N–H and O–H groups in total. The summed E-state index contributed by atoms with van der Waals surface area (Å²) < 4.78 is 27.6. The van der Waals surface area contributed by atoms with Crippen LogP contribution < -0.4 is 14.5 Å². The molecule has 0 unspecified atom stereocenters. The van der Waals surface area contributed by atoms with Gasteiger partial charge in [-0.1, -0.05) is 35.9 Å². The van der Waals surface area contributed by atoms with E-state index in [0.29, 0.717) is 36.9 Å². The van der Waals surface area contributed by atoms with Gasteiger partial charge in [0.25, 0.3) is 10.0 Å². The van der Waals surface area contributed by atoms with Gasteiger partial charge in [0.1, 0.15) is 0 Å². The first-order chi connectivity index (χ1) is 15.3. The zero-order valence-corrected chi connectivity index (χ0v) is 18.7. The molecule has 7 nitrogen and oxygen atoms in total. The normalized spacial score (nSPS) is 14.3. The lowest BCUT2D eigenvalue weighted by atomic mass is 10.1. The Morgan fingerprint density at radius 2 is 1.56 bits per heavy atom. The number of anilines is 3. The van der Waals surface area contributed by atoms with E-state index in [-0.39, 0.29) is 16.1 Å². The largest absolute Gasteiger partial charge is 0.478 e. The first-order valence-corrected chi connectivity index (χ1v) is 11.9. The molecule has 0 aromatic heterocycles. The molecule has 1 aliphatic rings. The third kappa shape index (κ3) is 4.81. The Hall–Kier alpha value is -3.23. The van der Waals surface area contributed by atoms with Crippen LogP contribution in [0.25, 0.3) is 0 Å². The van der Waals surface area contributed by atoms with Crippen molar-refractivity contribution >= 4 is 44.7 Å². The summed E-state index contributed by atoms with van der Waals surface area (Å²) in [5.41, 5.74) is 1.84. The van der Waals surface area contributed by atoms with Gasteiger partial charge >= 0.3 is 5.97 Å². The van der Waals surface area contributed by atoms with Crippen molar-refractivity contribution < 1.29 is 18.3 Å². The van der Waals surface area contributed by atoms with Gasteiger partial charge in [0.05, 0.1) is 16.1 Å². The molecule has 3 aromatic carbocycles. The lowest BCUT2D eigenvalue weighted by molar-refractivity contribution is 0.0697. The molecule has 166 valence electrons. The summed E-state index contributed by atoms with van der Waals surface area (Å²) in [6.07, 6.45) is 0. The van der Waals surface area contributed by atoms with Gasteiger partial charge in [-0.15, -0.1) is 0 Å². The monoisotopic (exact) mass is 471 g/mol. The van der Waals surface area contributed by atoms with Gasteiger partial charge in [-0.3, -0.25) is 4.72 Å². The van der Waals surface area contributed by atoms with E-state index in [4.69, 9.17) is 11.6 Å². The molecule has 1 saturated heterocycles. The van der Waals surface area contributed by atoms with Crippen molar-refractivity contribution in [2.24, 2.45) is 0 Å². The second kappa shape index (κ2) is 9.10. The van der Waals surface area contributed by atoms with E-state index < -0.39 is 16.0 Å². The highest BCUT2D eigenvalue weighted by Gasteiger charge is 2.23. The Morgan fingerprint density at radius 3 is 2.22 bits per heavy atom. The Balaban J connectivity index is 1.52. The molecule has 3 aromatic rings. The van der Waals surface area contributed by atoms with Crippen molar-refractivity contribution in [2.45, 2.75) is 4.90 Å². The van der Waals surface area contributed by atoms with Gasteiger partial charge in [-0.2, -0.15) is 0 Å². The molecule has 0 spiro atoms. The number of piperazine rings is 1. The number of carboxylic acids is 1. The zero-order chi connectivity index (χ0) is 22.7. The molecule has 0 aliphatic carbocycles. The van der Waals surface area contributed by atoms with Crippen molar-refractivity contribution in [3.05, 3.63) is 83.4 Å². The van der Waals surface area contributed by atoms with Gasteiger partial charge in [0.15, 0.2) is 0 Å². The second-order valence-corrected chi connectivity index (χ2v) is 9.53. The fourth-order valence-corrected chi connectivity index (χ4v) is 4.99. The number of sulfonamides is 1. The molecular formula is C23H22ClN3O4S. The lowest BCUT2D eigenvalue weighted by Crippen LogP contribution is -2.47. The molecule has 0 radical (unpaired) electrons. The quantitative estimate of drug-likeness (QED) is 0.561. The summed E-state index contributed by atoms with van der Waals surface area (Å²) >= 11 is 6.09. The molecule has 9 heteroatoms. The fraction of sp³-hybridized carbons (Fsp3) is 0.174. The van der Waals surface area contributed by atoms with Crippen LogP contribution >= 0.6 is 11.6 Å². The number of hydrogen-bond donors (Lipinski definition) is 2. The molecule has 0 bridgehead atoms. The molecule has 32 heavy (non-hydrogen) atoms. The van der Waals surface area contributed by atoms with E-state index in [9.17, 15) is 18.3 Å². The third-order valence-electron chi connectivity index (χ3n) is 5.33. The fourth-order valence-electron chi connectivity index (χ4n) is 3.74. The van der Waals surface area contributed by atoms with Crippen LogP contribution in [0.15, 0.2) is 77.7 Å². The minimum atomic E-state index is -3.81. The van der Waals surface area contributed by atoms with E-state index in [1.165, 1.54) is 18.2 Å². The van der Waals surface area contributed by atoms with Crippen LogP contribution in [0.2, 0.25) is 5.02 Å². The van der Waals surface area contributed by atoms with Crippen molar-refractivity contribution in [2.75, 3.05) is 40.7 Å². The maximum Gasteiger partial charge on any atom is 0.337 e. The first-order valence-electron chi connectivity index (χ1n) is 10.0. The Bertz CT molecular complexity index is 1230. The van der Waals surface area contributed by atoms with Crippen LogP contribution in [0, 0.1) is 0 Å². The van der Waals surface area contributed by atoms with Crippen molar-refractivity contribution in [3.8, 4) is 0 Å². The van der Waals surface area contributed by atoms with E-state index in [1.807, 2.05) is 29.2 Å². The predicted molar refractivity (Wildman–Crippen MR) is 127 cm³/mol. The van der Waals surface area contributed by atoms with E-state index in [0.717, 1.165) is 5.69 Å². The van der Waals surface area contributed by atoms with Crippen LogP contribution in [-0.2, 0) is 10.0 Å². The van der Waals surface area contributed by atoms with Crippen molar-refractivity contribution in [1.29, 1.82) is 0 Å². The first kappa shape index (κ1) is 22.0. The van der Waals surface area contributed by atoms with Crippen molar-refractivity contribution in [1.82, 2.24) is 0 Å². The van der Waals surface area contributed by atoms with Crippen LogP contribution in [0.4, 0.5) is 17.1 Å². The standard InChI is InChI=1S/C23H22ClN3O4S/c24-17-5-4-6-19(15-17)26-11-13-27(14-12-26)22-10-9-18(16-21(22)23(28)29)25-32(30,31)20-7-2-1-3-8-20/h1-10,15-16,25H,11-14H2,(H,28,29). The number of nitrogens with one attached hydrogen (secondary N) is 1. The van der Waals surface area contributed by atoms with Crippen LogP contribution in [0.5, 0.6) is 0 Å². The maximum absolute atomic E-state index is 12.6. The van der Waals surface area contributed by atoms with Crippen LogP contribution in [-0.4, -0.2) is 45.7 Å². The molecule has 0 saturated carbocycles. The smallest absolute Gasteiger partial charge is 0.337 e. The number of halogens is 1. The van der Waals surface area contributed by atoms with Gasteiger partial charge in [-0.25, -0.2) is 13.2 Å². The maximum atomic E-state index is 12.6. The highest BCUT2D eigenvalue weighted by Crippen LogP contribution is 2.28. The number of rotatable bonds is 6.